The fourth-order valence-electron chi connectivity index (χ4n) is 1.86. The maximum absolute atomic E-state index is 12.1. The van der Waals surface area contributed by atoms with Crippen LogP contribution in [-0.4, -0.2) is 52.9 Å². The van der Waals surface area contributed by atoms with Crippen LogP contribution in [0.4, 0.5) is 4.79 Å². The maximum Gasteiger partial charge on any atom is 0.331 e. The van der Waals surface area contributed by atoms with Crippen LogP contribution in [0.15, 0.2) is 24.4 Å². The van der Waals surface area contributed by atoms with Crippen LogP contribution < -0.4 is 11.3 Å². The summed E-state index contributed by atoms with van der Waals surface area (Å²) in [5.41, 5.74) is 2.51. The zero-order valence-electron chi connectivity index (χ0n) is 9.87. The molecule has 0 saturated carbocycles. The average Bonchev–Trinajstić information content (AvgIpc) is 2.47. The van der Waals surface area contributed by atoms with Gasteiger partial charge in [-0.05, 0) is 12.1 Å². The minimum absolute atomic E-state index is 0.108. The number of nitrogens with two attached hydrogens (primary N) is 1. The number of nitrogens with one attached hydrogen (secondary N) is 1. The molecule has 1 aromatic heterocycles. The summed E-state index contributed by atoms with van der Waals surface area (Å²) in [5.74, 6) is 4.95. The van der Waals surface area contributed by atoms with E-state index in [1.165, 1.54) is 0 Å². The van der Waals surface area contributed by atoms with Crippen molar-refractivity contribution in [2.45, 2.75) is 0 Å². The Morgan fingerprint density at radius 2 is 1.83 bits per heavy atom. The van der Waals surface area contributed by atoms with Crippen molar-refractivity contribution in [2.24, 2.45) is 5.84 Å². The number of nitrogens with zero attached hydrogens (tertiary/aromatic N) is 3. The standard InChI is InChI=1S/C11H15N5O2/c12-14-11(18)16-7-5-15(6-8-16)10(17)9-3-1-2-4-13-9/h1-4H,5-8,12H2,(H,14,18). The lowest BCUT2D eigenvalue weighted by molar-refractivity contribution is 0.0659. The zero-order chi connectivity index (χ0) is 13.0. The molecule has 3 N–H and O–H groups in total. The van der Waals surface area contributed by atoms with Crippen LogP contribution in [-0.2, 0) is 0 Å². The molecule has 1 aliphatic heterocycles. The highest BCUT2D eigenvalue weighted by Crippen LogP contribution is 2.06. The van der Waals surface area contributed by atoms with Gasteiger partial charge < -0.3 is 9.80 Å². The second kappa shape index (κ2) is 5.46. The molecule has 0 atom stereocenters. The van der Waals surface area contributed by atoms with E-state index in [4.69, 9.17) is 5.84 Å². The smallest absolute Gasteiger partial charge is 0.331 e. The van der Waals surface area contributed by atoms with Gasteiger partial charge >= 0.3 is 6.03 Å². The molecule has 1 fully saturated rings. The minimum Gasteiger partial charge on any atom is -0.334 e. The van der Waals surface area contributed by atoms with E-state index in [0.717, 1.165) is 0 Å². The maximum atomic E-state index is 12.1. The fraction of sp³-hybridized carbons (Fsp3) is 0.364. The molecule has 0 aliphatic carbocycles. The number of aromatic nitrogens is 1. The van der Waals surface area contributed by atoms with Gasteiger partial charge in [-0.15, -0.1) is 0 Å². The van der Waals surface area contributed by atoms with Gasteiger partial charge in [0.2, 0.25) is 0 Å². The normalized spacial score (nSPS) is 15.4. The Morgan fingerprint density at radius 3 is 2.39 bits per heavy atom. The molecule has 1 aliphatic rings. The molecule has 96 valence electrons. The molecule has 1 aromatic rings. The number of urea groups is 1. The first-order chi connectivity index (χ1) is 8.72. The predicted octanol–water partition coefficient (Wildman–Crippen LogP) is -0.577. The number of piperazine rings is 1. The monoisotopic (exact) mass is 249 g/mol. The van der Waals surface area contributed by atoms with Crippen LogP contribution in [0.5, 0.6) is 0 Å². The third-order valence-electron chi connectivity index (χ3n) is 2.86. The Kier molecular flexibility index (Phi) is 3.73. The average molecular weight is 249 g/mol. The Morgan fingerprint density at radius 1 is 1.17 bits per heavy atom. The highest BCUT2D eigenvalue weighted by molar-refractivity contribution is 5.92. The predicted molar refractivity (Wildman–Crippen MR) is 64.4 cm³/mol. The van der Waals surface area contributed by atoms with Gasteiger partial charge in [0.1, 0.15) is 5.69 Å². The summed E-state index contributed by atoms with van der Waals surface area (Å²) < 4.78 is 0. The topological polar surface area (TPSA) is 91.6 Å². The van der Waals surface area contributed by atoms with Gasteiger partial charge in [0, 0.05) is 32.4 Å². The third-order valence-corrected chi connectivity index (χ3v) is 2.86. The molecular weight excluding hydrogens is 234 g/mol. The number of amides is 3. The second-order valence-corrected chi connectivity index (χ2v) is 3.94. The van der Waals surface area contributed by atoms with Gasteiger partial charge in [0.15, 0.2) is 0 Å². The fourth-order valence-corrected chi connectivity index (χ4v) is 1.86. The summed E-state index contributed by atoms with van der Waals surface area (Å²) in [6.45, 7) is 1.93. The van der Waals surface area contributed by atoms with Gasteiger partial charge in [-0.3, -0.25) is 15.2 Å². The number of rotatable bonds is 1. The van der Waals surface area contributed by atoms with Crippen LogP contribution in [0.3, 0.4) is 0 Å². The summed E-state index contributed by atoms with van der Waals surface area (Å²) in [6.07, 6.45) is 1.59. The molecule has 0 radical (unpaired) electrons. The number of hydrazine groups is 1. The molecule has 2 rings (SSSR count). The first-order valence-electron chi connectivity index (χ1n) is 5.68. The van der Waals surface area contributed by atoms with Crippen molar-refractivity contribution in [3.8, 4) is 0 Å². The molecular formula is C11H15N5O2. The molecule has 2 heterocycles. The molecule has 1 saturated heterocycles. The van der Waals surface area contributed by atoms with Crippen molar-refractivity contribution in [1.29, 1.82) is 0 Å². The van der Waals surface area contributed by atoms with E-state index in [2.05, 4.69) is 10.4 Å². The van der Waals surface area contributed by atoms with Crippen molar-refractivity contribution >= 4 is 11.9 Å². The largest absolute Gasteiger partial charge is 0.334 e. The summed E-state index contributed by atoms with van der Waals surface area (Å²) in [4.78, 5) is 30.6. The van der Waals surface area contributed by atoms with Crippen molar-refractivity contribution in [3.63, 3.8) is 0 Å². The van der Waals surface area contributed by atoms with Crippen LogP contribution >= 0.6 is 0 Å². The van der Waals surface area contributed by atoms with E-state index < -0.39 is 0 Å². The van der Waals surface area contributed by atoms with Gasteiger partial charge in [0.05, 0.1) is 0 Å². The lowest BCUT2D eigenvalue weighted by Crippen LogP contribution is -2.54. The Hall–Kier alpha value is -2.15. The molecule has 3 amide bonds. The van der Waals surface area contributed by atoms with Gasteiger partial charge in [0.25, 0.3) is 5.91 Å². The molecule has 18 heavy (non-hydrogen) atoms. The second-order valence-electron chi connectivity index (χ2n) is 3.94. The third kappa shape index (κ3) is 2.57. The molecule has 7 heteroatoms. The van der Waals surface area contributed by atoms with E-state index in [0.29, 0.717) is 31.9 Å². The number of carbonyl (C=O) groups is 2. The quantitative estimate of drug-likeness (QED) is 0.396. The van der Waals surface area contributed by atoms with Crippen LogP contribution in [0, 0.1) is 0 Å². The number of carbonyl (C=O) groups excluding carboxylic acids is 2. The Bertz CT molecular complexity index is 428. The Balaban J connectivity index is 1.94. The molecule has 0 bridgehead atoms. The van der Waals surface area contributed by atoms with E-state index in [1.807, 2.05) is 0 Å². The van der Waals surface area contributed by atoms with Crippen molar-refractivity contribution in [3.05, 3.63) is 30.1 Å². The van der Waals surface area contributed by atoms with Crippen molar-refractivity contribution < 1.29 is 9.59 Å². The van der Waals surface area contributed by atoms with Gasteiger partial charge in [-0.1, -0.05) is 6.07 Å². The first-order valence-corrected chi connectivity index (χ1v) is 5.68. The zero-order valence-corrected chi connectivity index (χ0v) is 9.87. The molecule has 0 spiro atoms. The highest BCUT2D eigenvalue weighted by Gasteiger charge is 2.24. The van der Waals surface area contributed by atoms with Crippen LogP contribution in [0.25, 0.3) is 0 Å². The van der Waals surface area contributed by atoms with Crippen molar-refractivity contribution in [1.82, 2.24) is 20.2 Å². The number of hydrogen-bond donors (Lipinski definition) is 2. The summed E-state index contributed by atoms with van der Waals surface area (Å²) in [7, 11) is 0. The van der Waals surface area contributed by atoms with E-state index >= 15 is 0 Å². The Labute approximate surface area is 105 Å². The number of hydrogen-bond acceptors (Lipinski definition) is 4. The van der Waals surface area contributed by atoms with Crippen LogP contribution in [0.2, 0.25) is 0 Å². The van der Waals surface area contributed by atoms with Gasteiger partial charge in [-0.2, -0.15) is 0 Å². The minimum atomic E-state index is -0.320. The summed E-state index contributed by atoms with van der Waals surface area (Å²) >= 11 is 0. The van der Waals surface area contributed by atoms with E-state index in [1.54, 1.807) is 34.2 Å². The lowest BCUT2D eigenvalue weighted by atomic mass is 10.2. The van der Waals surface area contributed by atoms with E-state index in [9.17, 15) is 9.59 Å². The number of pyridine rings is 1. The van der Waals surface area contributed by atoms with Crippen LogP contribution in [0.1, 0.15) is 10.5 Å². The SMILES string of the molecule is NNC(=O)N1CCN(C(=O)c2ccccn2)CC1. The van der Waals surface area contributed by atoms with Crippen molar-refractivity contribution in [2.75, 3.05) is 26.2 Å². The van der Waals surface area contributed by atoms with Gasteiger partial charge in [-0.25, -0.2) is 10.6 Å². The summed E-state index contributed by atoms with van der Waals surface area (Å²) in [5, 5.41) is 0. The molecule has 0 unspecified atom stereocenters. The highest BCUT2D eigenvalue weighted by atomic mass is 16.2. The molecule has 0 aromatic carbocycles. The lowest BCUT2D eigenvalue weighted by Gasteiger charge is -2.34. The first kappa shape index (κ1) is 12.3. The molecule has 7 nitrogen and oxygen atoms in total. The van der Waals surface area contributed by atoms with E-state index in [-0.39, 0.29) is 11.9 Å². The summed E-state index contributed by atoms with van der Waals surface area (Å²) in [6, 6.07) is 4.90.